The van der Waals surface area contributed by atoms with Gasteiger partial charge in [-0.25, -0.2) is 0 Å². The number of ether oxygens (including phenoxy) is 1. The molecule has 0 radical (unpaired) electrons. The standard InChI is InChI=1S/C12H12BrNO2/c1-15-10-2-3-11(13)12(6-10)14-7-9-4-5-16-8-9/h2-6,8,14H,7H2,1H3. The first kappa shape index (κ1) is 11.1. The van der Waals surface area contributed by atoms with Gasteiger partial charge in [0.1, 0.15) is 5.75 Å². The Kier molecular flexibility index (Phi) is 3.51. The molecule has 1 aromatic carbocycles. The Morgan fingerprint density at radius 2 is 2.25 bits per heavy atom. The molecule has 0 saturated carbocycles. The van der Waals surface area contributed by atoms with E-state index in [4.69, 9.17) is 9.15 Å². The number of anilines is 1. The molecule has 2 rings (SSSR count). The van der Waals surface area contributed by atoms with Crippen LogP contribution in [-0.4, -0.2) is 7.11 Å². The van der Waals surface area contributed by atoms with E-state index >= 15 is 0 Å². The maximum atomic E-state index is 5.17. The Balaban J connectivity index is 2.08. The lowest BCUT2D eigenvalue weighted by atomic mass is 10.2. The van der Waals surface area contributed by atoms with E-state index in [9.17, 15) is 0 Å². The fraction of sp³-hybridized carbons (Fsp3) is 0.167. The molecule has 0 aliphatic rings. The summed E-state index contributed by atoms with van der Waals surface area (Å²) in [7, 11) is 1.66. The Morgan fingerprint density at radius 3 is 2.94 bits per heavy atom. The molecule has 16 heavy (non-hydrogen) atoms. The normalized spacial score (nSPS) is 10.1. The highest BCUT2D eigenvalue weighted by Gasteiger charge is 2.02. The van der Waals surface area contributed by atoms with Crippen molar-refractivity contribution >= 4 is 21.6 Å². The lowest BCUT2D eigenvalue weighted by molar-refractivity contribution is 0.415. The summed E-state index contributed by atoms with van der Waals surface area (Å²) in [4.78, 5) is 0. The molecule has 0 saturated heterocycles. The van der Waals surface area contributed by atoms with Gasteiger partial charge >= 0.3 is 0 Å². The van der Waals surface area contributed by atoms with Crippen LogP contribution in [0.1, 0.15) is 5.56 Å². The fourth-order valence-electron chi connectivity index (χ4n) is 1.36. The van der Waals surface area contributed by atoms with Crippen LogP contribution in [0.25, 0.3) is 0 Å². The van der Waals surface area contributed by atoms with Crippen molar-refractivity contribution in [2.75, 3.05) is 12.4 Å². The summed E-state index contributed by atoms with van der Waals surface area (Å²) < 4.78 is 11.2. The van der Waals surface area contributed by atoms with Crippen molar-refractivity contribution in [1.29, 1.82) is 0 Å². The first-order valence-electron chi connectivity index (χ1n) is 4.88. The molecule has 0 aliphatic carbocycles. The number of hydrogen-bond donors (Lipinski definition) is 1. The second-order valence-electron chi connectivity index (χ2n) is 3.33. The molecular weight excluding hydrogens is 270 g/mol. The van der Waals surface area contributed by atoms with Crippen LogP contribution >= 0.6 is 15.9 Å². The molecular formula is C12H12BrNO2. The Hall–Kier alpha value is -1.42. The van der Waals surface area contributed by atoms with Crippen LogP contribution in [0, 0.1) is 0 Å². The summed E-state index contributed by atoms with van der Waals surface area (Å²) in [5, 5.41) is 3.30. The molecule has 3 nitrogen and oxygen atoms in total. The lowest BCUT2D eigenvalue weighted by Crippen LogP contribution is -1.99. The molecule has 4 heteroatoms. The minimum absolute atomic E-state index is 0.724. The molecule has 0 amide bonds. The number of furan rings is 1. The summed E-state index contributed by atoms with van der Waals surface area (Å²) >= 11 is 3.48. The molecule has 84 valence electrons. The third-order valence-electron chi connectivity index (χ3n) is 2.24. The van der Waals surface area contributed by atoms with E-state index in [0.29, 0.717) is 0 Å². The van der Waals surface area contributed by atoms with Gasteiger partial charge in [-0.1, -0.05) is 0 Å². The van der Waals surface area contributed by atoms with Crippen molar-refractivity contribution < 1.29 is 9.15 Å². The van der Waals surface area contributed by atoms with Crippen LogP contribution < -0.4 is 10.1 Å². The van der Waals surface area contributed by atoms with Crippen molar-refractivity contribution in [1.82, 2.24) is 0 Å². The van der Waals surface area contributed by atoms with Crippen molar-refractivity contribution in [3.05, 3.63) is 46.8 Å². The second-order valence-corrected chi connectivity index (χ2v) is 4.19. The van der Waals surface area contributed by atoms with E-state index in [1.54, 1.807) is 19.6 Å². The Labute approximate surface area is 103 Å². The topological polar surface area (TPSA) is 34.4 Å². The molecule has 0 unspecified atom stereocenters. The summed E-state index contributed by atoms with van der Waals surface area (Å²) in [6.45, 7) is 0.724. The van der Waals surface area contributed by atoms with Crippen LogP contribution in [0.3, 0.4) is 0 Å². The van der Waals surface area contributed by atoms with E-state index in [2.05, 4.69) is 21.2 Å². The highest BCUT2D eigenvalue weighted by atomic mass is 79.9. The first-order valence-corrected chi connectivity index (χ1v) is 5.67. The molecule has 1 heterocycles. The van der Waals surface area contributed by atoms with Crippen LogP contribution in [0.2, 0.25) is 0 Å². The van der Waals surface area contributed by atoms with E-state index < -0.39 is 0 Å². The van der Waals surface area contributed by atoms with Crippen LogP contribution in [0.15, 0.2) is 45.7 Å². The molecule has 0 bridgehead atoms. The Bertz CT molecular complexity index is 454. The zero-order valence-electron chi connectivity index (χ0n) is 8.87. The molecule has 0 atom stereocenters. The van der Waals surface area contributed by atoms with Gasteiger partial charge in [0.05, 0.1) is 25.3 Å². The Morgan fingerprint density at radius 1 is 1.38 bits per heavy atom. The quantitative estimate of drug-likeness (QED) is 0.929. The fourth-order valence-corrected chi connectivity index (χ4v) is 1.74. The molecule has 0 spiro atoms. The summed E-state index contributed by atoms with van der Waals surface area (Å²) in [6, 6.07) is 7.74. The second kappa shape index (κ2) is 5.07. The van der Waals surface area contributed by atoms with E-state index in [1.807, 2.05) is 24.3 Å². The predicted molar refractivity (Wildman–Crippen MR) is 66.7 cm³/mol. The molecule has 0 aliphatic heterocycles. The summed E-state index contributed by atoms with van der Waals surface area (Å²) in [5.41, 5.74) is 2.11. The van der Waals surface area contributed by atoms with Crippen molar-refractivity contribution in [2.24, 2.45) is 0 Å². The predicted octanol–water partition coefficient (Wildman–Crippen LogP) is 3.66. The lowest BCUT2D eigenvalue weighted by Gasteiger charge is -2.09. The minimum atomic E-state index is 0.724. The number of hydrogen-bond acceptors (Lipinski definition) is 3. The molecule has 2 aromatic rings. The number of nitrogens with one attached hydrogen (secondary N) is 1. The monoisotopic (exact) mass is 281 g/mol. The van der Waals surface area contributed by atoms with Gasteiger partial charge in [-0.2, -0.15) is 0 Å². The highest BCUT2D eigenvalue weighted by molar-refractivity contribution is 9.10. The third-order valence-corrected chi connectivity index (χ3v) is 2.93. The summed E-state index contributed by atoms with van der Waals surface area (Å²) in [6.07, 6.45) is 3.39. The van der Waals surface area contributed by atoms with Crippen molar-refractivity contribution in [3.8, 4) is 5.75 Å². The van der Waals surface area contributed by atoms with E-state index in [0.717, 1.165) is 28.0 Å². The smallest absolute Gasteiger partial charge is 0.121 e. The number of methoxy groups -OCH3 is 1. The van der Waals surface area contributed by atoms with Gasteiger partial charge in [0.15, 0.2) is 0 Å². The van der Waals surface area contributed by atoms with Crippen LogP contribution in [-0.2, 0) is 6.54 Å². The van der Waals surface area contributed by atoms with Crippen molar-refractivity contribution in [2.45, 2.75) is 6.54 Å². The third kappa shape index (κ3) is 2.58. The van der Waals surface area contributed by atoms with Gasteiger partial charge < -0.3 is 14.5 Å². The zero-order valence-corrected chi connectivity index (χ0v) is 10.5. The molecule has 0 fully saturated rings. The average Bonchev–Trinajstić information content (AvgIpc) is 2.81. The molecule has 1 N–H and O–H groups in total. The van der Waals surface area contributed by atoms with Gasteiger partial charge in [-0.15, -0.1) is 0 Å². The maximum Gasteiger partial charge on any atom is 0.121 e. The average molecular weight is 282 g/mol. The number of halogens is 1. The number of rotatable bonds is 4. The number of benzene rings is 1. The van der Waals surface area contributed by atoms with Crippen LogP contribution in [0.4, 0.5) is 5.69 Å². The first-order chi connectivity index (χ1) is 7.79. The van der Waals surface area contributed by atoms with Crippen molar-refractivity contribution in [3.63, 3.8) is 0 Å². The summed E-state index contributed by atoms with van der Waals surface area (Å²) in [5.74, 6) is 0.831. The zero-order chi connectivity index (χ0) is 11.4. The highest BCUT2D eigenvalue weighted by Crippen LogP contribution is 2.27. The van der Waals surface area contributed by atoms with Gasteiger partial charge in [0, 0.05) is 22.6 Å². The maximum absolute atomic E-state index is 5.17. The van der Waals surface area contributed by atoms with E-state index in [-0.39, 0.29) is 0 Å². The van der Waals surface area contributed by atoms with Gasteiger partial charge in [-0.05, 0) is 34.1 Å². The van der Waals surface area contributed by atoms with Gasteiger partial charge in [-0.3, -0.25) is 0 Å². The largest absolute Gasteiger partial charge is 0.497 e. The van der Waals surface area contributed by atoms with E-state index in [1.165, 1.54) is 0 Å². The molecule has 1 aromatic heterocycles. The van der Waals surface area contributed by atoms with Gasteiger partial charge in [0.2, 0.25) is 0 Å². The minimum Gasteiger partial charge on any atom is -0.497 e. The SMILES string of the molecule is COc1ccc(Br)c(NCc2ccoc2)c1. The van der Waals surface area contributed by atoms with Crippen LogP contribution in [0.5, 0.6) is 5.75 Å². The van der Waals surface area contributed by atoms with Gasteiger partial charge in [0.25, 0.3) is 0 Å².